The van der Waals surface area contributed by atoms with Crippen LogP contribution in [0.3, 0.4) is 0 Å². The maximum absolute atomic E-state index is 11.9. The Labute approximate surface area is 165 Å². The Hall–Kier alpha value is -2.77. The van der Waals surface area contributed by atoms with Gasteiger partial charge in [-0.15, -0.1) is 0 Å². The summed E-state index contributed by atoms with van der Waals surface area (Å²) in [5, 5.41) is 5.35. The summed E-state index contributed by atoms with van der Waals surface area (Å²) in [6.45, 7) is -0.907. The lowest BCUT2D eigenvalue weighted by Gasteiger charge is -2.09. The average molecular weight is 411 g/mol. The zero-order valence-electron chi connectivity index (χ0n) is 14.3. The maximum atomic E-state index is 11.9. The summed E-state index contributed by atoms with van der Waals surface area (Å²) < 4.78 is 9.81. The molecule has 0 radical (unpaired) electrons. The smallest absolute Gasteiger partial charge is 0.325 e. The van der Waals surface area contributed by atoms with Gasteiger partial charge in [0.05, 0.1) is 22.8 Å². The molecular weight excluding hydrogens is 395 g/mol. The van der Waals surface area contributed by atoms with Crippen LogP contribution >= 0.6 is 23.2 Å². The predicted molar refractivity (Wildman–Crippen MR) is 101 cm³/mol. The van der Waals surface area contributed by atoms with Gasteiger partial charge in [0.1, 0.15) is 12.3 Å². The minimum absolute atomic E-state index is 0.186. The predicted octanol–water partition coefficient (Wildman–Crippen LogP) is 2.91. The average Bonchev–Trinajstić information content (AvgIpc) is 2.68. The fraction of sp³-hybridized carbons (Fsp3) is 0.167. The number of rotatable bonds is 7. The lowest BCUT2D eigenvalue weighted by atomic mass is 10.2. The van der Waals surface area contributed by atoms with E-state index in [1.54, 1.807) is 42.5 Å². The minimum atomic E-state index is -0.760. The molecule has 7 nitrogen and oxygen atoms in total. The molecule has 0 bridgehead atoms. The summed E-state index contributed by atoms with van der Waals surface area (Å²) in [5.74, 6) is -1.19. The molecule has 0 aliphatic carbocycles. The number of hydrogen-bond acceptors (Lipinski definition) is 5. The van der Waals surface area contributed by atoms with Crippen molar-refractivity contribution >= 4 is 46.7 Å². The van der Waals surface area contributed by atoms with Crippen molar-refractivity contribution in [1.29, 1.82) is 0 Å². The largest absolute Gasteiger partial charge is 0.497 e. The quantitative estimate of drug-likeness (QED) is 0.684. The molecule has 2 rings (SSSR count). The molecule has 142 valence electrons. The van der Waals surface area contributed by atoms with Gasteiger partial charge in [-0.2, -0.15) is 0 Å². The van der Waals surface area contributed by atoms with Crippen LogP contribution in [0.5, 0.6) is 5.75 Å². The Kier molecular flexibility index (Phi) is 7.45. The van der Waals surface area contributed by atoms with Gasteiger partial charge < -0.3 is 20.1 Å². The second-order valence-corrected chi connectivity index (χ2v) is 6.01. The zero-order chi connectivity index (χ0) is 19.8. The first-order valence-electron chi connectivity index (χ1n) is 7.72. The molecule has 0 heterocycles. The van der Waals surface area contributed by atoms with Crippen molar-refractivity contribution in [1.82, 2.24) is 5.32 Å². The van der Waals surface area contributed by atoms with E-state index in [1.807, 2.05) is 0 Å². The van der Waals surface area contributed by atoms with Crippen molar-refractivity contribution < 1.29 is 23.9 Å². The van der Waals surface area contributed by atoms with Crippen LogP contribution in [0.2, 0.25) is 10.0 Å². The Morgan fingerprint density at radius 1 is 1.04 bits per heavy atom. The summed E-state index contributed by atoms with van der Waals surface area (Å²) in [5.41, 5.74) is 0.662. The van der Waals surface area contributed by atoms with Gasteiger partial charge in [-0.05, 0) is 36.4 Å². The number of halogens is 2. The van der Waals surface area contributed by atoms with E-state index in [0.29, 0.717) is 17.0 Å². The monoisotopic (exact) mass is 410 g/mol. The highest BCUT2D eigenvalue weighted by Crippen LogP contribution is 2.29. The standard InChI is InChI=1S/C18H16Cl2N2O5/c1-26-12-7-5-11(6-8-12)18(25)21-9-16(24)27-10-15(23)22-14-4-2-3-13(19)17(14)20/h2-8H,9-10H2,1H3,(H,21,25)(H,22,23). The van der Waals surface area contributed by atoms with Crippen molar-refractivity contribution in [3.63, 3.8) is 0 Å². The van der Waals surface area contributed by atoms with Crippen LogP contribution in [-0.2, 0) is 14.3 Å². The fourth-order valence-corrected chi connectivity index (χ4v) is 2.33. The van der Waals surface area contributed by atoms with E-state index < -0.39 is 24.4 Å². The van der Waals surface area contributed by atoms with Gasteiger partial charge in [-0.3, -0.25) is 14.4 Å². The van der Waals surface area contributed by atoms with Crippen molar-refractivity contribution in [3.05, 3.63) is 58.1 Å². The van der Waals surface area contributed by atoms with E-state index in [2.05, 4.69) is 10.6 Å². The van der Waals surface area contributed by atoms with E-state index in [-0.39, 0.29) is 16.6 Å². The van der Waals surface area contributed by atoms with Crippen molar-refractivity contribution in [2.24, 2.45) is 0 Å². The molecule has 2 amide bonds. The molecule has 0 spiro atoms. The van der Waals surface area contributed by atoms with Gasteiger partial charge in [0.15, 0.2) is 6.61 Å². The van der Waals surface area contributed by atoms with Gasteiger partial charge in [0.25, 0.3) is 11.8 Å². The molecular formula is C18H16Cl2N2O5. The van der Waals surface area contributed by atoms with Crippen LogP contribution in [0.25, 0.3) is 0 Å². The first-order chi connectivity index (χ1) is 12.9. The van der Waals surface area contributed by atoms with Crippen LogP contribution in [0.15, 0.2) is 42.5 Å². The Morgan fingerprint density at radius 2 is 1.74 bits per heavy atom. The number of carbonyl (C=O) groups excluding carboxylic acids is 3. The number of esters is 1. The Bertz CT molecular complexity index is 840. The van der Waals surface area contributed by atoms with Crippen molar-refractivity contribution in [2.75, 3.05) is 25.6 Å². The zero-order valence-corrected chi connectivity index (χ0v) is 15.8. The normalized spacial score (nSPS) is 10.0. The highest BCUT2D eigenvalue weighted by Gasteiger charge is 2.12. The molecule has 0 aliphatic rings. The van der Waals surface area contributed by atoms with E-state index in [9.17, 15) is 14.4 Å². The van der Waals surface area contributed by atoms with Crippen LogP contribution in [0.1, 0.15) is 10.4 Å². The first-order valence-corrected chi connectivity index (χ1v) is 8.48. The Balaban J connectivity index is 1.75. The van der Waals surface area contributed by atoms with Crippen LogP contribution < -0.4 is 15.4 Å². The number of carbonyl (C=O) groups is 3. The van der Waals surface area contributed by atoms with E-state index in [0.717, 1.165) is 0 Å². The summed E-state index contributed by atoms with van der Waals surface area (Å²) in [4.78, 5) is 35.4. The summed E-state index contributed by atoms with van der Waals surface area (Å²) in [6.07, 6.45) is 0. The number of nitrogens with one attached hydrogen (secondary N) is 2. The van der Waals surface area contributed by atoms with Crippen LogP contribution in [0, 0.1) is 0 Å². The topological polar surface area (TPSA) is 93.7 Å². The molecule has 2 N–H and O–H groups in total. The van der Waals surface area contributed by atoms with Gasteiger partial charge in [0.2, 0.25) is 0 Å². The highest BCUT2D eigenvalue weighted by atomic mass is 35.5. The lowest BCUT2D eigenvalue weighted by Crippen LogP contribution is -2.32. The molecule has 0 fully saturated rings. The van der Waals surface area contributed by atoms with Gasteiger partial charge in [-0.1, -0.05) is 29.3 Å². The molecule has 2 aromatic rings. The molecule has 0 aliphatic heterocycles. The third-order valence-electron chi connectivity index (χ3n) is 3.34. The lowest BCUT2D eigenvalue weighted by molar-refractivity contribution is -0.146. The number of hydrogen-bond donors (Lipinski definition) is 2. The van der Waals surface area contributed by atoms with Crippen molar-refractivity contribution in [3.8, 4) is 5.75 Å². The highest BCUT2D eigenvalue weighted by molar-refractivity contribution is 6.44. The molecule has 27 heavy (non-hydrogen) atoms. The third-order valence-corrected chi connectivity index (χ3v) is 4.15. The summed E-state index contributed by atoms with van der Waals surface area (Å²) >= 11 is 11.8. The summed E-state index contributed by atoms with van der Waals surface area (Å²) in [6, 6.07) is 11.1. The SMILES string of the molecule is COc1ccc(C(=O)NCC(=O)OCC(=O)Nc2cccc(Cl)c2Cl)cc1. The van der Waals surface area contributed by atoms with Gasteiger partial charge in [-0.25, -0.2) is 0 Å². The third kappa shape index (κ3) is 6.16. The van der Waals surface area contributed by atoms with Gasteiger partial charge in [0, 0.05) is 5.56 Å². The van der Waals surface area contributed by atoms with E-state index >= 15 is 0 Å². The minimum Gasteiger partial charge on any atom is -0.497 e. The molecule has 2 aromatic carbocycles. The van der Waals surface area contributed by atoms with E-state index in [4.69, 9.17) is 32.7 Å². The number of amides is 2. The molecule has 9 heteroatoms. The molecule has 0 unspecified atom stereocenters. The van der Waals surface area contributed by atoms with Crippen LogP contribution in [0.4, 0.5) is 5.69 Å². The van der Waals surface area contributed by atoms with Crippen LogP contribution in [-0.4, -0.2) is 38.0 Å². The summed E-state index contributed by atoms with van der Waals surface area (Å²) in [7, 11) is 1.52. The maximum Gasteiger partial charge on any atom is 0.325 e. The number of anilines is 1. The van der Waals surface area contributed by atoms with Gasteiger partial charge >= 0.3 is 5.97 Å². The number of methoxy groups -OCH3 is 1. The first kappa shape index (κ1) is 20.5. The molecule has 0 aromatic heterocycles. The van der Waals surface area contributed by atoms with Crippen molar-refractivity contribution in [2.45, 2.75) is 0 Å². The fourth-order valence-electron chi connectivity index (χ4n) is 1.98. The Morgan fingerprint density at radius 3 is 2.41 bits per heavy atom. The van der Waals surface area contributed by atoms with E-state index in [1.165, 1.54) is 7.11 Å². The molecule has 0 saturated carbocycles. The second kappa shape index (κ2) is 9.80. The molecule has 0 atom stereocenters. The molecule has 0 saturated heterocycles. The number of benzene rings is 2. The second-order valence-electron chi connectivity index (χ2n) is 5.22. The number of ether oxygens (including phenoxy) is 2.